The highest BCUT2D eigenvalue weighted by Gasteiger charge is 2.06. The number of alkyl halides is 1. The van der Waals surface area contributed by atoms with Crippen LogP contribution in [-0.2, 0) is 5.33 Å². The van der Waals surface area contributed by atoms with Crippen molar-refractivity contribution in [3.05, 3.63) is 26.6 Å². The zero-order valence-corrected chi connectivity index (χ0v) is 11.2. The molecular weight excluding hydrogens is 352 g/mol. The molecule has 0 aliphatic heterocycles. The third-order valence-electron chi connectivity index (χ3n) is 1.44. The molecule has 0 amide bonds. The summed E-state index contributed by atoms with van der Waals surface area (Å²) in [5.41, 5.74) is 1.17. The van der Waals surface area contributed by atoms with Crippen molar-refractivity contribution >= 4 is 47.8 Å². The second-order valence-electron chi connectivity index (χ2n) is 2.21. The smallest absolute Gasteiger partial charge is 0.134 e. The minimum Gasteiger partial charge on any atom is -0.496 e. The molecule has 66 valence electrons. The predicted molar refractivity (Wildman–Crippen MR) is 61.0 cm³/mol. The van der Waals surface area contributed by atoms with Crippen molar-refractivity contribution in [2.24, 2.45) is 0 Å². The van der Waals surface area contributed by atoms with Crippen LogP contribution in [0.3, 0.4) is 0 Å². The number of hydrogen-bond donors (Lipinski definition) is 0. The van der Waals surface area contributed by atoms with Crippen molar-refractivity contribution in [3.8, 4) is 5.75 Å². The monoisotopic (exact) mass is 356 g/mol. The summed E-state index contributed by atoms with van der Waals surface area (Å²) < 4.78 is 7.20. The minimum atomic E-state index is 0.809. The molecule has 0 radical (unpaired) electrons. The fraction of sp³-hybridized carbons (Fsp3) is 0.250. The standard InChI is InChI=1S/C8H7Br3O/c1-12-7-3-6(10)2-5(4-9)8(7)11/h2-3H,4H2,1H3. The van der Waals surface area contributed by atoms with Gasteiger partial charge in [0.05, 0.1) is 11.6 Å². The SMILES string of the molecule is COc1cc(Br)cc(CBr)c1Br. The summed E-state index contributed by atoms with van der Waals surface area (Å²) in [5.74, 6) is 0.846. The van der Waals surface area contributed by atoms with Crippen LogP contribution in [-0.4, -0.2) is 7.11 Å². The Labute approximate surface area is 96.9 Å². The molecule has 0 fully saturated rings. The second-order valence-corrected chi connectivity index (χ2v) is 4.48. The Morgan fingerprint density at radius 2 is 2.00 bits per heavy atom. The van der Waals surface area contributed by atoms with Crippen molar-refractivity contribution in [1.82, 2.24) is 0 Å². The number of benzene rings is 1. The van der Waals surface area contributed by atoms with Crippen LogP contribution in [0.2, 0.25) is 0 Å². The van der Waals surface area contributed by atoms with Crippen molar-refractivity contribution in [2.45, 2.75) is 5.33 Å². The van der Waals surface area contributed by atoms with Crippen LogP contribution in [0, 0.1) is 0 Å². The van der Waals surface area contributed by atoms with Crippen molar-refractivity contribution in [3.63, 3.8) is 0 Å². The van der Waals surface area contributed by atoms with Gasteiger partial charge in [-0.05, 0) is 33.6 Å². The number of rotatable bonds is 2. The summed E-state index contributed by atoms with van der Waals surface area (Å²) in [6, 6.07) is 3.97. The molecule has 1 aromatic rings. The average molecular weight is 359 g/mol. The fourth-order valence-electron chi connectivity index (χ4n) is 0.864. The third kappa shape index (κ3) is 2.24. The van der Waals surface area contributed by atoms with Gasteiger partial charge in [-0.3, -0.25) is 0 Å². The van der Waals surface area contributed by atoms with Crippen LogP contribution in [0.5, 0.6) is 5.75 Å². The molecule has 12 heavy (non-hydrogen) atoms. The van der Waals surface area contributed by atoms with Crippen LogP contribution in [0.25, 0.3) is 0 Å². The summed E-state index contributed by atoms with van der Waals surface area (Å²) >= 11 is 10.3. The lowest BCUT2D eigenvalue weighted by atomic mass is 10.2. The van der Waals surface area contributed by atoms with Gasteiger partial charge in [0.15, 0.2) is 0 Å². The fourth-order valence-corrected chi connectivity index (χ4v) is 2.70. The molecule has 0 unspecified atom stereocenters. The highest BCUT2D eigenvalue weighted by molar-refractivity contribution is 9.11. The van der Waals surface area contributed by atoms with Crippen LogP contribution in [0.15, 0.2) is 21.1 Å². The quantitative estimate of drug-likeness (QED) is 0.723. The Morgan fingerprint density at radius 1 is 1.33 bits per heavy atom. The van der Waals surface area contributed by atoms with Crippen LogP contribution in [0.4, 0.5) is 0 Å². The van der Waals surface area contributed by atoms with Gasteiger partial charge < -0.3 is 4.74 Å². The Hall–Kier alpha value is 0.460. The maximum absolute atomic E-state index is 5.17. The highest BCUT2D eigenvalue weighted by atomic mass is 79.9. The molecule has 1 rings (SSSR count). The van der Waals surface area contributed by atoms with Crippen LogP contribution < -0.4 is 4.74 Å². The normalized spacial score (nSPS) is 10.0. The van der Waals surface area contributed by atoms with E-state index in [9.17, 15) is 0 Å². The third-order valence-corrected chi connectivity index (χ3v) is 3.41. The number of ether oxygens (including phenoxy) is 1. The van der Waals surface area contributed by atoms with Crippen LogP contribution in [0.1, 0.15) is 5.56 Å². The Kier molecular flexibility index (Phi) is 4.06. The lowest BCUT2D eigenvalue weighted by molar-refractivity contribution is 0.411. The molecular formula is C8H7Br3O. The molecule has 0 saturated heterocycles. The molecule has 0 bridgehead atoms. The van der Waals surface area contributed by atoms with Gasteiger partial charge in [-0.1, -0.05) is 31.9 Å². The Bertz CT molecular complexity index is 261. The van der Waals surface area contributed by atoms with Gasteiger partial charge in [-0.25, -0.2) is 0 Å². The van der Waals surface area contributed by atoms with Gasteiger partial charge in [0.2, 0.25) is 0 Å². The molecule has 0 atom stereocenters. The molecule has 0 aliphatic rings. The first kappa shape index (κ1) is 10.5. The van der Waals surface area contributed by atoms with Gasteiger partial charge >= 0.3 is 0 Å². The summed E-state index contributed by atoms with van der Waals surface area (Å²) in [5, 5.41) is 0.809. The molecule has 0 saturated carbocycles. The summed E-state index contributed by atoms with van der Waals surface area (Å²) in [6.45, 7) is 0. The molecule has 0 spiro atoms. The Morgan fingerprint density at radius 3 is 2.50 bits per heavy atom. The Balaban J connectivity index is 3.22. The molecule has 0 aromatic heterocycles. The highest BCUT2D eigenvalue weighted by Crippen LogP contribution is 2.33. The van der Waals surface area contributed by atoms with Crippen molar-refractivity contribution in [1.29, 1.82) is 0 Å². The minimum absolute atomic E-state index is 0.809. The lowest BCUT2D eigenvalue weighted by Crippen LogP contribution is -1.88. The first-order valence-electron chi connectivity index (χ1n) is 3.27. The van der Waals surface area contributed by atoms with E-state index in [0.29, 0.717) is 0 Å². The first-order valence-corrected chi connectivity index (χ1v) is 5.97. The average Bonchev–Trinajstić information content (AvgIpc) is 2.08. The summed E-state index contributed by atoms with van der Waals surface area (Å²) in [4.78, 5) is 0. The van der Waals surface area contributed by atoms with Gasteiger partial charge in [-0.15, -0.1) is 0 Å². The maximum atomic E-state index is 5.17. The topological polar surface area (TPSA) is 9.23 Å². The first-order chi connectivity index (χ1) is 5.69. The summed E-state index contributed by atoms with van der Waals surface area (Å²) in [6.07, 6.45) is 0. The number of halogens is 3. The van der Waals surface area contributed by atoms with E-state index in [1.807, 2.05) is 12.1 Å². The molecule has 1 aromatic carbocycles. The van der Waals surface area contributed by atoms with E-state index in [2.05, 4.69) is 47.8 Å². The summed E-state index contributed by atoms with van der Waals surface area (Å²) in [7, 11) is 1.66. The van der Waals surface area contributed by atoms with Crippen LogP contribution >= 0.6 is 47.8 Å². The lowest BCUT2D eigenvalue weighted by Gasteiger charge is -2.07. The largest absolute Gasteiger partial charge is 0.496 e. The molecule has 0 N–H and O–H groups in total. The second kappa shape index (κ2) is 4.63. The van der Waals surface area contributed by atoms with Gasteiger partial charge in [0.1, 0.15) is 5.75 Å². The van der Waals surface area contributed by atoms with Gasteiger partial charge in [-0.2, -0.15) is 0 Å². The molecule has 0 aliphatic carbocycles. The van der Waals surface area contributed by atoms with E-state index in [4.69, 9.17) is 4.74 Å². The maximum Gasteiger partial charge on any atom is 0.134 e. The van der Waals surface area contributed by atoms with E-state index in [-0.39, 0.29) is 0 Å². The van der Waals surface area contributed by atoms with E-state index in [0.717, 1.165) is 20.0 Å². The number of hydrogen-bond acceptors (Lipinski definition) is 1. The van der Waals surface area contributed by atoms with E-state index < -0.39 is 0 Å². The van der Waals surface area contributed by atoms with E-state index >= 15 is 0 Å². The zero-order chi connectivity index (χ0) is 9.14. The molecule has 4 heteroatoms. The van der Waals surface area contributed by atoms with Gasteiger partial charge in [0, 0.05) is 9.80 Å². The van der Waals surface area contributed by atoms with E-state index in [1.165, 1.54) is 5.56 Å². The van der Waals surface area contributed by atoms with Crippen molar-refractivity contribution in [2.75, 3.05) is 7.11 Å². The molecule has 0 heterocycles. The predicted octanol–water partition coefficient (Wildman–Crippen LogP) is 4.12. The van der Waals surface area contributed by atoms with E-state index in [1.54, 1.807) is 7.11 Å². The number of methoxy groups -OCH3 is 1. The van der Waals surface area contributed by atoms with Crippen molar-refractivity contribution < 1.29 is 4.74 Å². The zero-order valence-electron chi connectivity index (χ0n) is 6.40. The molecule has 1 nitrogen and oxygen atoms in total. The van der Waals surface area contributed by atoms with Gasteiger partial charge in [0.25, 0.3) is 0 Å².